The molecule has 0 bridgehead atoms. The molecule has 360 valence electrons. The maximum absolute atomic E-state index is 13.3. The fourth-order valence-electron chi connectivity index (χ4n) is 6.69. The molecular weight excluding hydrogens is 933 g/mol. The van der Waals surface area contributed by atoms with Crippen LogP contribution in [0.25, 0.3) is 0 Å². The number of para-hydroxylation sites is 1. The zero-order chi connectivity index (χ0) is 48.8. The van der Waals surface area contributed by atoms with E-state index in [-0.39, 0.29) is 42.4 Å². The lowest BCUT2D eigenvalue weighted by molar-refractivity contribution is -0.140. The minimum Gasteiger partial charge on any atom is -0.348 e. The fourth-order valence-corrected chi connectivity index (χ4v) is 9.50. The highest BCUT2D eigenvalue weighted by molar-refractivity contribution is 7.92. The Hall–Kier alpha value is -6.26. The van der Waals surface area contributed by atoms with Gasteiger partial charge in [-0.3, -0.25) is 24.0 Å². The number of hydrogen-bond acceptors (Lipinski definition) is 13. The van der Waals surface area contributed by atoms with Crippen molar-refractivity contribution < 1.29 is 50.0 Å². The molecule has 3 atom stereocenters. The summed E-state index contributed by atoms with van der Waals surface area (Å²) >= 11 is 0.905. The van der Waals surface area contributed by atoms with Gasteiger partial charge in [-0.25, -0.2) is 30.6 Å². The Morgan fingerprint density at radius 1 is 0.603 bits per heavy atom. The van der Waals surface area contributed by atoms with Gasteiger partial charge in [0, 0.05) is 45.1 Å². The number of carbonyl (C=O) groups is 5. The van der Waals surface area contributed by atoms with Gasteiger partial charge in [0.25, 0.3) is 11.8 Å². The Morgan fingerprint density at radius 3 is 1.54 bits per heavy atom. The van der Waals surface area contributed by atoms with E-state index in [0.717, 1.165) is 29.8 Å². The summed E-state index contributed by atoms with van der Waals surface area (Å²) in [6.07, 6.45) is 1.85. The molecule has 5 aromatic rings. The molecule has 1 aliphatic rings. The maximum Gasteiger partial charge on any atom is 0.289 e. The van der Waals surface area contributed by atoms with Crippen LogP contribution in [0.5, 0.6) is 5.75 Å². The number of sulfonamides is 2. The second-order valence-electron chi connectivity index (χ2n) is 15.3. The Morgan fingerprint density at radius 2 is 1.04 bits per heavy atom. The summed E-state index contributed by atoms with van der Waals surface area (Å²) in [5.74, 6) is -3.32. The van der Waals surface area contributed by atoms with Crippen molar-refractivity contribution in [2.24, 2.45) is 5.92 Å². The molecule has 5 aromatic carbocycles. The lowest BCUT2D eigenvalue weighted by atomic mass is 9.97. The van der Waals surface area contributed by atoms with E-state index in [1.807, 2.05) is 42.5 Å². The maximum atomic E-state index is 13.3. The lowest BCUT2D eigenvalue weighted by Crippen LogP contribution is -2.53. The summed E-state index contributed by atoms with van der Waals surface area (Å²) in [6.45, 7) is 2.07. The van der Waals surface area contributed by atoms with Crippen LogP contribution in [0.1, 0.15) is 30.9 Å². The molecule has 1 heterocycles. The molecule has 0 radical (unpaired) electrons. The molecule has 3 amide bonds. The van der Waals surface area contributed by atoms with E-state index in [9.17, 15) is 40.8 Å². The monoisotopic (exact) mass is 986 g/mol. The third-order valence-electron chi connectivity index (χ3n) is 10.2. The molecule has 1 saturated heterocycles. The van der Waals surface area contributed by atoms with Crippen molar-refractivity contribution in [2.75, 3.05) is 32.7 Å². The molecule has 0 saturated carbocycles. The van der Waals surface area contributed by atoms with Gasteiger partial charge in [-0.1, -0.05) is 127 Å². The van der Waals surface area contributed by atoms with Crippen molar-refractivity contribution in [1.29, 1.82) is 0 Å². The number of nitrogens with one attached hydrogen (secondary N) is 5. The fraction of sp³-hybridized carbons (Fsp3) is 0.271. The highest BCUT2D eigenvalue weighted by Crippen LogP contribution is 2.27. The van der Waals surface area contributed by atoms with E-state index in [0.29, 0.717) is 25.1 Å². The number of Topliss-reactive ketones (excluding diaryl/α,β-unsaturated/α-hetero) is 2. The quantitative estimate of drug-likeness (QED) is 0.0147. The first-order valence-electron chi connectivity index (χ1n) is 21.7. The van der Waals surface area contributed by atoms with Gasteiger partial charge in [0.1, 0.15) is 24.3 Å². The number of nitrogens with zero attached hydrogens (tertiary/aromatic N) is 1. The molecule has 1 aliphatic heterocycles. The summed E-state index contributed by atoms with van der Waals surface area (Å²) in [6, 6.07) is 41.4. The van der Waals surface area contributed by atoms with Crippen molar-refractivity contribution in [2.45, 2.75) is 54.5 Å². The van der Waals surface area contributed by atoms with Crippen molar-refractivity contribution in [3.8, 4) is 5.75 Å². The van der Waals surface area contributed by atoms with Gasteiger partial charge in [-0.05, 0) is 66.8 Å². The topological polar surface area (TPSA) is 235 Å². The molecule has 17 nitrogen and oxygen atoms in total. The van der Waals surface area contributed by atoms with E-state index in [4.69, 9.17) is 9.22 Å². The summed E-state index contributed by atoms with van der Waals surface area (Å²) in [5.41, 5.74) is 1.74. The van der Waals surface area contributed by atoms with Crippen LogP contribution in [0.15, 0.2) is 161 Å². The molecule has 20 heteroatoms. The smallest absolute Gasteiger partial charge is 0.289 e. The summed E-state index contributed by atoms with van der Waals surface area (Å²) in [4.78, 5) is 68.8. The van der Waals surface area contributed by atoms with E-state index in [2.05, 4.69) is 25.4 Å². The molecule has 5 N–H and O–H groups in total. The highest BCUT2D eigenvalue weighted by atomic mass is 32.2. The average Bonchev–Trinajstić information content (AvgIpc) is 3.84. The van der Waals surface area contributed by atoms with Gasteiger partial charge in [-0.2, -0.15) is 0 Å². The van der Waals surface area contributed by atoms with E-state index in [1.54, 1.807) is 96.2 Å². The number of hydrogen-bond donors (Lipinski definition) is 5. The van der Waals surface area contributed by atoms with Gasteiger partial charge >= 0.3 is 0 Å². The van der Waals surface area contributed by atoms with Crippen LogP contribution in [0.3, 0.4) is 0 Å². The average molecular weight is 987 g/mol. The predicted octanol–water partition coefficient (Wildman–Crippen LogP) is 3.94. The molecular formula is C48H54N6O11S3. The first kappa shape index (κ1) is 52.7. The van der Waals surface area contributed by atoms with Gasteiger partial charge < -0.3 is 20.8 Å². The Kier molecular flexibility index (Phi) is 20.9. The summed E-state index contributed by atoms with van der Waals surface area (Å²) in [7, 11) is -7.38. The van der Waals surface area contributed by atoms with Crippen LogP contribution in [0.4, 0.5) is 0 Å². The van der Waals surface area contributed by atoms with Crippen molar-refractivity contribution in [3.63, 3.8) is 0 Å². The second-order valence-corrected chi connectivity index (χ2v) is 19.6. The highest BCUT2D eigenvalue weighted by Gasteiger charge is 2.36. The van der Waals surface area contributed by atoms with E-state index < -0.39 is 67.3 Å². The number of rotatable bonds is 24. The van der Waals surface area contributed by atoms with Gasteiger partial charge in [0.2, 0.25) is 37.5 Å². The Bertz CT molecular complexity index is 2620. The third kappa shape index (κ3) is 17.1. The second kappa shape index (κ2) is 26.9. The molecule has 1 fully saturated rings. The largest absolute Gasteiger partial charge is 0.348 e. The van der Waals surface area contributed by atoms with E-state index in [1.165, 1.54) is 24.3 Å². The van der Waals surface area contributed by atoms with Crippen molar-refractivity contribution in [3.05, 3.63) is 163 Å². The van der Waals surface area contributed by atoms with Crippen LogP contribution in [0.2, 0.25) is 0 Å². The van der Waals surface area contributed by atoms with Gasteiger partial charge in [-0.15, -0.1) is 0 Å². The number of amides is 3. The molecule has 0 spiro atoms. The normalized spacial score (nSPS) is 14.6. The van der Waals surface area contributed by atoms with Crippen molar-refractivity contribution in [1.82, 2.24) is 29.7 Å². The molecule has 2 unspecified atom stereocenters. The number of ketones is 2. The van der Waals surface area contributed by atoms with E-state index >= 15 is 0 Å². The Labute approximate surface area is 401 Å². The Balaban J connectivity index is 0.000000285. The van der Waals surface area contributed by atoms with Crippen molar-refractivity contribution >= 4 is 61.6 Å². The molecule has 0 aromatic heterocycles. The number of benzene rings is 5. The predicted molar refractivity (Wildman–Crippen MR) is 256 cm³/mol. The van der Waals surface area contributed by atoms with Gasteiger partial charge in [0.05, 0.1) is 9.79 Å². The molecule has 0 aliphatic carbocycles. The summed E-state index contributed by atoms with van der Waals surface area (Å²) in [5, 5.41) is 7.66. The first-order chi connectivity index (χ1) is 32.7. The lowest BCUT2D eigenvalue weighted by Gasteiger charge is -2.24. The molecule has 68 heavy (non-hydrogen) atoms. The minimum absolute atomic E-state index is 0.00329. The van der Waals surface area contributed by atoms with Crippen LogP contribution in [0, 0.1) is 5.92 Å². The summed E-state index contributed by atoms with van der Waals surface area (Å²) < 4.78 is 60.6. The minimum atomic E-state index is -3.76. The van der Waals surface area contributed by atoms with Crippen LogP contribution in [-0.2, 0) is 61.2 Å². The van der Waals surface area contributed by atoms with Crippen LogP contribution < -0.4 is 30.3 Å². The molecule has 6 rings (SSSR count). The van der Waals surface area contributed by atoms with Crippen LogP contribution in [-0.4, -0.2) is 95.2 Å². The van der Waals surface area contributed by atoms with Crippen LogP contribution >= 0.6 is 12.2 Å². The third-order valence-corrected chi connectivity index (χ3v) is 13.9. The first-order valence-corrected chi connectivity index (χ1v) is 25.3. The zero-order valence-electron chi connectivity index (χ0n) is 37.2. The number of carbonyl (C=O) groups excluding carboxylic acids is 5. The zero-order valence-corrected chi connectivity index (χ0v) is 39.6. The SMILES string of the molecule is C[C@@H](Cc1ccccc1)C(=O)C(=O)NCCNS(=O)(=O)c1ccccc1.O=C(NCCNS(=O)(=O)c1ccccc1)C(=O)C(Cc1ccccc1)NC(=O)C1CCCN1SOOc1ccccc1. The standard InChI is InChI=1S/C29H32N4O7S2.C19H22N2O4S/c34-27(29(36)30-18-19-31-42(37,38)24-15-8-3-9-16-24)25(21-22-11-4-1-5-12-22)32-28(35)26-17-10-20-33(26)41-40-39-23-13-6-2-7-14-23;1-15(14-16-8-4-2-5-9-16)18(22)19(23)20-12-13-21-26(24,25)17-10-6-3-7-11-17/h1-9,11-16,25-26,31H,10,17-21H2,(H,30,36)(H,32,35);2-11,15,21H,12-14H2,1H3,(H,20,23)/t;15-/m.0/s1. The van der Waals surface area contributed by atoms with Gasteiger partial charge in [0.15, 0.2) is 5.75 Å².